The van der Waals surface area contributed by atoms with E-state index in [-0.39, 0.29) is 18.2 Å². The molecule has 1 fully saturated rings. The van der Waals surface area contributed by atoms with Crippen LogP contribution in [0, 0.1) is 5.92 Å². The lowest BCUT2D eigenvalue weighted by atomic mass is 9.98. The van der Waals surface area contributed by atoms with Crippen molar-refractivity contribution in [3.05, 3.63) is 69.6 Å². The zero-order valence-electron chi connectivity index (χ0n) is 17.0. The molecule has 0 aliphatic carbocycles. The zero-order chi connectivity index (χ0) is 20.2. The Hall–Kier alpha value is -2.44. The molecule has 6 heteroatoms. The van der Waals surface area contributed by atoms with Crippen molar-refractivity contribution in [2.45, 2.75) is 46.1 Å². The van der Waals surface area contributed by atoms with Crippen molar-refractivity contribution in [3.63, 3.8) is 0 Å². The number of pyridine rings is 1. The van der Waals surface area contributed by atoms with E-state index in [0.29, 0.717) is 12.5 Å². The number of nitrogens with zero attached hydrogens (tertiary/aromatic N) is 3. The van der Waals surface area contributed by atoms with Crippen LogP contribution in [0.15, 0.2) is 47.3 Å². The molecule has 0 bridgehead atoms. The molecule has 2 aliphatic rings. The van der Waals surface area contributed by atoms with Gasteiger partial charge in [0.15, 0.2) is 0 Å². The van der Waals surface area contributed by atoms with Gasteiger partial charge in [0.2, 0.25) is 5.91 Å². The van der Waals surface area contributed by atoms with Gasteiger partial charge < -0.3 is 9.64 Å². The van der Waals surface area contributed by atoms with Crippen molar-refractivity contribution in [1.82, 2.24) is 14.4 Å². The third-order valence-electron chi connectivity index (χ3n) is 6.07. The van der Waals surface area contributed by atoms with Crippen LogP contribution in [0.2, 0.25) is 0 Å². The Labute approximate surface area is 171 Å². The van der Waals surface area contributed by atoms with Gasteiger partial charge in [0.1, 0.15) is 6.73 Å². The van der Waals surface area contributed by atoms with Crippen LogP contribution in [0.1, 0.15) is 36.6 Å². The molecular weight excluding hydrogens is 366 g/mol. The fourth-order valence-corrected chi connectivity index (χ4v) is 4.32. The number of ether oxygens (including phenoxy) is 1. The number of hydrogen-bond acceptors (Lipinski definition) is 4. The molecule has 29 heavy (non-hydrogen) atoms. The molecule has 1 aromatic heterocycles. The minimum Gasteiger partial charge on any atom is -0.360 e. The van der Waals surface area contributed by atoms with Crippen LogP contribution in [0.3, 0.4) is 0 Å². The molecule has 0 spiro atoms. The van der Waals surface area contributed by atoms with E-state index in [0.717, 1.165) is 51.3 Å². The average Bonchev–Trinajstić information content (AvgIpc) is 3.13. The Kier molecular flexibility index (Phi) is 6.11. The van der Waals surface area contributed by atoms with Gasteiger partial charge >= 0.3 is 0 Å². The summed E-state index contributed by atoms with van der Waals surface area (Å²) in [6.07, 6.45) is 1.92. The van der Waals surface area contributed by atoms with Crippen molar-refractivity contribution in [2.24, 2.45) is 5.92 Å². The topological polar surface area (TPSA) is 54.8 Å². The third kappa shape index (κ3) is 4.77. The molecule has 6 nitrogen and oxygen atoms in total. The van der Waals surface area contributed by atoms with Crippen molar-refractivity contribution in [2.75, 3.05) is 19.7 Å². The first-order valence-electron chi connectivity index (χ1n) is 10.4. The standard InChI is InChI=1S/C23H29N3O3/c1-18(27)25-11-9-19(10-12-25)16-29-17-26-22(7-4-8-23(26)28)15-24-13-20-5-2-3-6-21(20)14-24/h2-8,19H,9-17H2,1H3. The molecule has 2 aromatic rings. The lowest BCUT2D eigenvalue weighted by Crippen LogP contribution is -2.38. The van der Waals surface area contributed by atoms with Crippen molar-refractivity contribution in [1.29, 1.82) is 0 Å². The fraction of sp³-hybridized carbons (Fsp3) is 0.478. The maximum atomic E-state index is 12.5. The molecular formula is C23H29N3O3. The minimum absolute atomic E-state index is 0.0226. The largest absolute Gasteiger partial charge is 0.360 e. The molecule has 3 heterocycles. The second-order valence-corrected chi connectivity index (χ2v) is 8.15. The van der Waals surface area contributed by atoms with E-state index in [1.54, 1.807) is 17.6 Å². The Bertz CT molecular complexity index is 891. The van der Waals surface area contributed by atoms with Crippen LogP contribution in [0.4, 0.5) is 0 Å². The van der Waals surface area contributed by atoms with E-state index in [1.165, 1.54) is 11.1 Å². The number of aromatic nitrogens is 1. The molecule has 1 amide bonds. The first-order chi connectivity index (χ1) is 14.1. The van der Waals surface area contributed by atoms with Crippen molar-refractivity contribution in [3.8, 4) is 0 Å². The van der Waals surface area contributed by atoms with Gasteiger partial charge in [0, 0.05) is 51.4 Å². The number of amides is 1. The molecule has 1 aromatic carbocycles. The molecule has 154 valence electrons. The van der Waals surface area contributed by atoms with Crippen LogP contribution in [0.5, 0.6) is 0 Å². The first-order valence-corrected chi connectivity index (χ1v) is 10.4. The SMILES string of the molecule is CC(=O)N1CCC(COCn2c(CN3Cc4ccccc4C3)cccc2=O)CC1. The van der Waals surface area contributed by atoms with Crippen LogP contribution >= 0.6 is 0 Å². The van der Waals surface area contributed by atoms with Gasteiger partial charge in [-0.2, -0.15) is 0 Å². The highest BCUT2D eigenvalue weighted by Gasteiger charge is 2.22. The molecule has 1 saturated heterocycles. The van der Waals surface area contributed by atoms with E-state index >= 15 is 0 Å². The first kappa shape index (κ1) is 19.9. The van der Waals surface area contributed by atoms with Gasteiger partial charge in [-0.1, -0.05) is 30.3 Å². The Balaban J connectivity index is 1.33. The van der Waals surface area contributed by atoms with E-state index in [2.05, 4.69) is 29.2 Å². The second kappa shape index (κ2) is 8.93. The summed E-state index contributed by atoms with van der Waals surface area (Å²) >= 11 is 0. The summed E-state index contributed by atoms with van der Waals surface area (Å²) in [6, 6.07) is 13.9. The second-order valence-electron chi connectivity index (χ2n) is 8.15. The molecule has 4 rings (SSSR count). The summed E-state index contributed by atoms with van der Waals surface area (Å²) in [6.45, 7) is 6.68. The van der Waals surface area contributed by atoms with Crippen LogP contribution in [-0.4, -0.2) is 40.0 Å². The van der Waals surface area contributed by atoms with Crippen molar-refractivity contribution >= 4 is 5.91 Å². The molecule has 0 atom stereocenters. The summed E-state index contributed by atoms with van der Waals surface area (Å²) < 4.78 is 7.69. The summed E-state index contributed by atoms with van der Waals surface area (Å²) in [5.41, 5.74) is 3.69. The lowest BCUT2D eigenvalue weighted by Gasteiger charge is -2.31. The Morgan fingerprint density at radius 3 is 2.38 bits per heavy atom. The number of fused-ring (bicyclic) bond motifs is 1. The third-order valence-corrected chi connectivity index (χ3v) is 6.07. The van der Waals surface area contributed by atoms with Crippen LogP contribution in [0.25, 0.3) is 0 Å². The summed E-state index contributed by atoms with van der Waals surface area (Å²) in [4.78, 5) is 28.1. The predicted molar refractivity (Wildman–Crippen MR) is 111 cm³/mol. The number of likely N-dealkylation sites (tertiary alicyclic amines) is 1. The minimum atomic E-state index is -0.0226. The molecule has 0 N–H and O–H groups in total. The number of rotatable bonds is 6. The number of carbonyl (C=O) groups excluding carboxylic acids is 1. The highest BCUT2D eigenvalue weighted by atomic mass is 16.5. The van der Waals surface area contributed by atoms with Gasteiger partial charge in [-0.15, -0.1) is 0 Å². The van der Waals surface area contributed by atoms with Gasteiger partial charge in [-0.05, 0) is 36.0 Å². The smallest absolute Gasteiger partial charge is 0.252 e. The monoisotopic (exact) mass is 395 g/mol. The lowest BCUT2D eigenvalue weighted by molar-refractivity contribution is -0.130. The number of benzene rings is 1. The summed E-state index contributed by atoms with van der Waals surface area (Å²) in [5.74, 6) is 0.593. The highest BCUT2D eigenvalue weighted by Crippen LogP contribution is 2.24. The fourth-order valence-electron chi connectivity index (χ4n) is 4.32. The van der Waals surface area contributed by atoms with Crippen LogP contribution < -0.4 is 5.56 Å². The van der Waals surface area contributed by atoms with E-state index < -0.39 is 0 Å². The summed E-state index contributed by atoms with van der Waals surface area (Å²) in [5, 5.41) is 0. The van der Waals surface area contributed by atoms with E-state index in [4.69, 9.17) is 4.74 Å². The quantitative estimate of drug-likeness (QED) is 0.755. The van der Waals surface area contributed by atoms with Crippen LogP contribution in [-0.2, 0) is 35.9 Å². The van der Waals surface area contributed by atoms with Gasteiger partial charge in [0.25, 0.3) is 5.56 Å². The number of hydrogen-bond donors (Lipinski definition) is 0. The zero-order valence-corrected chi connectivity index (χ0v) is 17.0. The number of carbonyl (C=O) groups is 1. The highest BCUT2D eigenvalue weighted by molar-refractivity contribution is 5.73. The molecule has 0 saturated carbocycles. The Morgan fingerprint density at radius 1 is 1.03 bits per heavy atom. The normalized spacial score (nSPS) is 17.5. The molecule has 0 radical (unpaired) electrons. The maximum Gasteiger partial charge on any atom is 0.252 e. The maximum absolute atomic E-state index is 12.5. The molecule has 0 unspecified atom stereocenters. The van der Waals surface area contributed by atoms with Gasteiger partial charge in [-0.25, -0.2) is 0 Å². The number of piperidine rings is 1. The van der Waals surface area contributed by atoms with Gasteiger partial charge in [-0.3, -0.25) is 19.1 Å². The van der Waals surface area contributed by atoms with Crippen molar-refractivity contribution < 1.29 is 9.53 Å². The summed E-state index contributed by atoms with van der Waals surface area (Å²) in [7, 11) is 0. The van der Waals surface area contributed by atoms with E-state index in [9.17, 15) is 9.59 Å². The Morgan fingerprint density at radius 2 is 1.72 bits per heavy atom. The average molecular weight is 396 g/mol. The van der Waals surface area contributed by atoms with E-state index in [1.807, 2.05) is 17.0 Å². The van der Waals surface area contributed by atoms with Gasteiger partial charge in [0.05, 0.1) is 6.61 Å². The predicted octanol–water partition coefficient (Wildman–Crippen LogP) is 2.60. The molecule has 2 aliphatic heterocycles.